The van der Waals surface area contributed by atoms with Gasteiger partial charge >= 0.3 is 12.1 Å². The van der Waals surface area contributed by atoms with Gasteiger partial charge in [0, 0.05) is 24.5 Å². The second-order valence-corrected chi connectivity index (χ2v) is 10.2. The van der Waals surface area contributed by atoms with E-state index in [-0.39, 0.29) is 17.4 Å². The molecule has 0 spiro atoms. The Hall–Kier alpha value is -4.14. The smallest absolute Gasteiger partial charge is 0.416 e. The molecule has 208 valence electrons. The summed E-state index contributed by atoms with van der Waals surface area (Å²) in [4.78, 5) is 28.8. The minimum Gasteiger partial charge on any atom is -0.466 e. The van der Waals surface area contributed by atoms with Crippen molar-refractivity contribution in [1.29, 1.82) is 0 Å². The SMILES string of the molecule is CCOC(=O)C[C@H]1CC[C@H](c2ccc(-c3ccc4nc(C(=O)Nc5cccc(C(F)(F)F)c5)cn4c3)cc2)CC1. The van der Waals surface area contributed by atoms with Gasteiger partial charge in [0.2, 0.25) is 0 Å². The minimum absolute atomic E-state index is 0.0464. The number of pyridine rings is 1. The molecule has 1 saturated carbocycles. The Morgan fingerprint density at radius 1 is 0.975 bits per heavy atom. The van der Waals surface area contributed by atoms with E-state index in [1.165, 1.54) is 17.7 Å². The average molecular weight is 550 g/mol. The Kier molecular flexibility index (Phi) is 7.91. The maximum absolute atomic E-state index is 13.0. The number of ether oxygens (including phenoxy) is 1. The summed E-state index contributed by atoms with van der Waals surface area (Å²) in [5, 5.41) is 2.50. The highest BCUT2D eigenvalue weighted by Gasteiger charge is 2.30. The first-order valence-electron chi connectivity index (χ1n) is 13.4. The zero-order valence-electron chi connectivity index (χ0n) is 22.1. The highest BCUT2D eigenvalue weighted by atomic mass is 19.4. The summed E-state index contributed by atoms with van der Waals surface area (Å²) in [6.45, 7) is 2.25. The van der Waals surface area contributed by atoms with Gasteiger partial charge in [-0.05, 0) is 91.5 Å². The molecule has 2 aromatic carbocycles. The number of fused-ring (bicyclic) bond motifs is 1. The summed E-state index contributed by atoms with van der Waals surface area (Å²) < 4.78 is 45.8. The highest BCUT2D eigenvalue weighted by Crippen LogP contribution is 2.38. The fourth-order valence-corrected chi connectivity index (χ4v) is 5.34. The molecule has 0 bridgehead atoms. The van der Waals surface area contributed by atoms with Crippen LogP contribution in [0.25, 0.3) is 16.8 Å². The number of benzene rings is 2. The quantitative estimate of drug-likeness (QED) is 0.242. The van der Waals surface area contributed by atoms with Gasteiger partial charge in [0.05, 0.1) is 12.2 Å². The van der Waals surface area contributed by atoms with E-state index in [4.69, 9.17) is 4.74 Å². The molecule has 40 heavy (non-hydrogen) atoms. The summed E-state index contributed by atoms with van der Waals surface area (Å²) in [6.07, 6.45) is 3.59. The number of amides is 1. The van der Waals surface area contributed by atoms with Gasteiger partial charge in [-0.15, -0.1) is 0 Å². The Morgan fingerprint density at radius 3 is 2.40 bits per heavy atom. The molecule has 0 saturated heterocycles. The Bertz CT molecular complexity index is 1500. The third-order valence-corrected chi connectivity index (χ3v) is 7.45. The van der Waals surface area contributed by atoms with Crippen LogP contribution in [0.2, 0.25) is 0 Å². The van der Waals surface area contributed by atoms with E-state index >= 15 is 0 Å². The van der Waals surface area contributed by atoms with Crippen LogP contribution < -0.4 is 5.32 Å². The van der Waals surface area contributed by atoms with E-state index < -0.39 is 17.6 Å². The van der Waals surface area contributed by atoms with Gasteiger partial charge in [0.1, 0.15) is 11.3 Å². The lowest BCUT2D eigenvalue weighted by molar-refractivity contribution is -0.144. The maximum Gasteiger partial charge on any atom is 0.416 e. The second kappa shape index (κ2) is 11.5. The molecule has 1 aliphatic carbocycles. The number of hydrogen-bond donors (Lipinski definition) is 1. The second-order valence-electron chi connectivity index (χ2n) is 10.2. The standard InChI is InChI=1S/C31H30F3N3O3/c1-2-40-29(38)16-20-6-8-21(9-7-20)22-10-12-23(13-11-22)24-14-15-28-36-27(19-37(28)18-24)30(39)35-26-5-3-4-25(17-26)31(32,33)34/h3-5,10-15,17-21H,2,6-9,16H2,1H3,(H,35,39)/t20-,21-. The van der Waals surface area contributed by atoms with Crippen LogP contribution in [-0.2, 0) is 15.7 Å². The molecule has 9 heteroatoms. The van der Waals surface area contributed by atoms with Gasteiger partial charge in [-0.25, -0.2) is 4.98 Å². The summed E-state index contributed by atoms with van der Waals surface area (Å²) in [5.74, 6) is 0.176. The Balaban J connectivity index is 1.24. The highest BCUT2D eigenvalue weighted by molar-refractivity contribution is 6.03. The number of rotatable bonds is 7. The van der Waals surface area contributed by atoms with Crippen molar-refractivity contribution in [3.8, 4) is 11.1 Å². The number of anilines is 1. The van der Waals surface area contributed by atoms with Gasteiger partial charge in [-0.1, -0.05) is 30.3 Å². The van der Waals surface area contributed by atoms with Gasteiger partial charge in [0.25, 0.3) is 5.91 Å². The molecular formula is C31H30F3N3O3. The molecule has 0 aliphatic heterocycles. The molecule has 1 N–H and O–H groups in total. The maximum atomic E-state index is 13.0. The van der Waals surface area contributed by atoms with Crippen molar-refractivity contribution in [3.05, 3.63) is 89.9 Å². The van der Waals surface area contributed by atoms with Crippen LogP contribution in [0.15, 0.2) is 73.1 Å². The van der Waals surface area contributed by atoms with Crippen LogP contribution in [0, 0.1) is 5.92 Å². The van der Waals surface area contributed by atoms with Gasteiger partial charge < -0.3 is 14.5 Å². The number of alkyl halides is 3. The molecular weight excluding hydrogens is 519 g/mol. The van der Waals surface area contributed by atoms with Crippen molar-refractivity contribution >= 4 is 23.2 Å². The van der Waals surface area contributed by atoms with Crippen molar-refractivity contribution in [2.75, 3.05) is 11.9 Å². The fraction of sp³-hybridized carbons (Fsp3) is 0.323. The predicted molar refractivity (Wildman–Crippen MR) is 146 cm³/mol. The van der Waals surface area contributed by atoms with Crippen LogP contribution in [-0.4, -0.2) is 27.9 Å². The third kappa shape index (κ3) is 6.35. The molecule has 2 aromatic heterocycles. The van der Waals surface area contributed by atoms with Crippen LogP contribution in [0.1, 0.15) is 66.6 Å². The lowest BCUT2D eigenvalue weighted by Gasteiger charge is -2.28. The van der Waals surface area contributed by atoms with Gasteiger partial charge in [0.15, 0.2) is 0 Å². The summed E-state index contributed by atoms with van der Waals surface area (Å²) in [7, 11) is 0. The molecule has 1 aliphatic rings. The van der Waals surface area contributed by atoms with Crippen LogP contribution in [0.4, 0.5) is 18.9 Å². The largest absolute Gasteiger partial charge is 0.466 e. The number of hydrogen-bond acceptors (Lipinski definition) is 4. The number of aromatic nitrogens is 2. The van der Waals surface area contributed by atoms with Crippen molar-refractivity contribution in [1.82, 2.24) is 9.38 Å². The molecule has 0 unspecified atom stereocenters. The van der Waals surface area contributed by atoms with E-state index in [9.17, 15) is 22.8 Å². The van der Waals surface area contributed by atoms with Crippen LogP contribution in [0.3, 0.4) is 0 Å². The summed E-state index contributed by atoms with van der Waals surface area (Å²) in [5.41, 5.74) is 3.11. The normalized spacial score (nSPS) is 17.5. The van der Waals surface area contributed by atoms with Gasteiger partial charge in [-0.3, -0.25) is 9.59 Å². The number of esters is 1. The molecule has 0 radical (unpaired) electrons. The number of carbonyl (C=O) groups is 2. The van der Waals surface area contributed by atoms with Crippen molar-refractivity contribution < 1.29 is 27.5 Å². The lowest BCUT2D eigenvalue weighted by Crippen LogP contribution is -2.17. The first kappa shape index (κ1) is 27.4. The first-order valence-corrected chi connectivity index (χ1v) is 13.4. The molecule has 0 atom stereocenters. The molecule has 1 fully saturated rings. The summed E-state index contributed by atoms with van der Waals surface area (Å²) in [6, 6.07) is 16.7. The molecule has 1 amide bonds. The first-order chi connectivity index (χ1) is 19.2. The Labute approximate surface area is 230 Å². The van der Waals surface area contributed by atoms with Crippen molar-refractivity contribution in [3.63, 3.8) is 0 Å². The van der Waals surface area contributed by atoms with E-state index in [1.54, 1.807) is 16.7 Å². The average Bonchev–Trinajstić information content (AvgIpc) is 3.37. The van der Waals surface area contributed by atoms with Crippen molar-refractivity contribution in [2.24, 2.45) is 5.92 Å². The number of carbonyl (C=O) groups excluding carboxylic acids is 2. The van der Waals surface area contributed by atoms with E-state index in [0.29, 0.717) is 30.5 Å². The minimum atomic E-state index is -4.50. The van der Waals surface area contributed by atoms with Gasteiger partial charge in [-0.2, -0.15) is 13.2 Å². The van der Waals surface area contributed by atoms with E-state index in [1.807, 2.05) is 19.2 Å². The van der Waals surface area contributed by atoms with Crippen LogP contribution in [0.5, 0.6) is 0 Å². The zero-order valence-corrected chi connectivity index (χ0v) is 22.1. The summed E-state index contributed by atoms with van der Waals surface area (Å²) >= 11 is 0. The molecule has 4 aromatic rings. The van der Waals surface area contributed by atoms with Crippen LogP contribution >= 0.6 is 0 Å². The topological polar surface area (TPSA) is 72.7 Å². The monoisotopic (exact) mass is 549 g/mol. The molecule has 2 heterocycles. The fourth-order valence-electron chi connectivity index (χ4n) is 5.34. The third-order valence-electron chi connectivity index (χ3n) is 7.45. The predicted octanol–water partition coefficient (Wildman–Crippen LogP) is 7.50. The Morgan fingerprint density at radius 2 is 1.70 bits per heavy atom. The zero-order chi connectivity index (χ0) is 28.3. The molecule has 5 rings (SSSR count). The number of nitrogens with zero attached hydrogens (tertiary/aromatic N) is 2. The number of imidazole rings is 1. The number of halogens is 3. The van der Waals surface area contributed by atoms with Crippen molar-refractivity contribution in [2.45, 2.75) is 51.1 Å². The molecule has 6 nitrogen and oxygen atoms in total. The van der Waals surface area contributed by atoms with E-state index in [0.717, 1.165) is 48.9 Å². The van der Waals surface area contributed by atoms with E-state index in [2.05, 4.69) is 34.6 Å². The number of nitrogens with one attached hydrogen (secondary N) is 1. The lowest BCUT2D eigenvalue weighted by atomic mass is 9.77.